The number of amides is 2. The Kier molecular flexibility index (Phi) is 7.35. The molecular weight excluding hydrogens is 439 g/mol. The van der Waals surface area contributed by atoms with Gasteiger partial charge in [0.25, 0.3) is 0 Å². The van der Waals surface area contributed by atoms with Crippen molar-refractivity contribution in [2.24, 2.45) is 0 Å². The number of halogens is 1. The van der Waals surface area contributed by atoms with E-state index in [2.05, 4.69) is 20.9 Å². The SMILES string of the molecule is CSc1ccc(CC(=O)NC2(C(=O)NCCc3c[nH]c4ccc(F)cc34)CCNCC2)cc1. The van der Waals surface area contributed by atoms with Crippen LogP contribution in [-0.4, -0.2) is 48.2 Å². The molecule has 8 heteroatoms. The highest BCUT2D eigenvalue weighted by Gasteiger charge is 2.40. The maximum absolute atomic E-state index is 13.6. The number of fused-ring (bicyclic) bond motifs is 1. The molecule has 1 aliphatic rings. The summed E-state index contributed by atoms with van der Waals surface area (Å²) in [6, 6.07) is 12.5. The normalized spacial score (nSPS) is 15.3. The van der Waals surface area contributed by atoms with Crippen LogP contribution in [0.4, 0.5) is 4.39 Å². The van der Waals surface area contributed by atoms with Gasteiger partial charge in [0.15, 0.2) is 0 Å². The molecule has 0 radical (unpaired) electrons. The molecule has 2 aromatic carbocycles. The predicted octanol–water partition coefficient (Wildman–Crippen LogP) is 3.17. The predicted molar refractivity (Wildman–Crippen MR) is 130 cm³/mol. The van der Waals surface area contributed by atoms with Gasteiger partial charge in [0.2, 0.25) is 11.8 Å². The van der Waals surface area contributed by atoms with E-state index in [0.717, 1.165) is 26.9 Å². The Bertz CT molecular complexity index is 1120. The Morgan fingerprint density at radius 2 is 1.88 bits per heavy atom. The summed E-state index contributed by atoms with van der Waals surface area (Å²) in [5, 5.41) is 10.1. The van der Waals surface area contributed by atoms with Crippen LogP contribution >= 0.6 is 11.8 Å². The molecule has 1 aromatic heterocycles. The van der Waals surface area contributed by atoms with Gasteiger partial charge < -0.3 is 20.9 Å². The lowest BCUT2D eigenvalue weighted by atomic mass is 9.86. The van der Waals surface area contributed by atoms with Gasteiger partial charge in [-0.1, -0.05) is 12.1 Å². The number of benzene rings is 2. The fourth-order valence-electron chi connectivity index (χ4n) is 4.34. The number of aromatic nitrogens is 1. The third-order valence-corrected chi connectivity index (χ3v) is 6.95. The van der Waals surface area contributed by atoms with E-state index < -0.39 is 5.54 Å². The highest BCUT2D eigenvalue weighted by Crippen LogP contribution is 2.22. The lowest BCUT2D eigenvalue weighted by Gasteiger charge is -2.37. The first-order valence-electron chi connectivity index (χ1n) is 11.2. The molecule has 0 atom stereocenters. The highest BCUT2D eigenvalue weighted by atomic mass is 32.2. The van der Waals surface area contributed by atoms with Crippen molar-refractivity contribution >= 4 is 34.5 Å². The standard InChI is InChI=1S/C25H29FN4O2S/c1-33-20-5-2-17(3-6-20)14-23(31)30-25(9-12-27-13-10-25)24(32)28-11-8-18-16-29-22-7-4-19(26)15-21(18)22/h2-7,15-16,27,29H,8-14H2,1H3,(H,28,32)(H,30,31). The number of hydrogen-bond acceptors (Lipinski definition) is 4. The fourth-order valence-corrected chi connectivity index (χ4v) is 4.75. The molecule has 1 saturated heterocycles. The van der Waals surface area contributed by atoms with Gasteiger partial charge in [-0.3, -0.25) is 9.59 Å². The van der Waals surface area contributed by atoms with Crippen molar-refractivity contribution in [1.82, 2.24) is 20.9 Å². The van der Waals surface area contributed by atoms with E-state index in [0.29, 0.717) is 38.9 Å². The van der Waals surface area contributed by atoms with Gasteiger partial charge >= 0.3 is 0 Å². The minimum Gasteiger partial charge on any atom is -0.361 e. The van der Waals surface area contributed by atoms with Crippen molar-refractivity contribution in [1.29, 1.82) is 0 Å². The van der Waals surface area contributed by atoms with Gasteiger partial charge in [0, 0.05) is 28.5 Å². The first kappa shape index (κ1) is 23.3. The average Bonchev–Trinajstić information content (AvgIpc) is 3.22. The quantitative estimate of drug-likeness (QED) is 0.383. The number of hydrogen-bond donors (Lipinski definition) is 4. The summed E-state index contributed by atoms with van der Waals surface area (Å²) in [4.78, 5) is 30.3. The Hall–Kier alpha value is -2.84. The van der Waals surface area contributed by atoms with Crippen LogP contribution in [0.25, 0.3) is 10.9 Å². The number of thioether (sulfide) groups is 1. The van der Waals surface area contributed by atoms with E-state index >= 15 is 0 Å². The van der Waals surface area contributed by atoms with Gasteiger partial charge in [-0.2, -0.15) is 0 Å². The number of carbonyl (C=O) groups excluding carboxylic acids is 2. The highest BCUT2D eigenvalue weighted by molar-refractivity contribution is 7.98. The minimum absolute atomic E-state index is 0.156. The van der Waals surface area contributed by atoms with Crippen LogP contribution in [0.5, 0.6) is 0 Å². The molecular formula is C25H29FN4O2S. The van der Waals surface area contributed by atoms with Crippen LogP contribution < -0.4 is 16.0 Å². The minimum atomic E-state index is -0.923. The Balaban J connectivity index is 1.38. The second kappa shape index (κ2) is 10.4. The number of carbonyl (C=O) groups is 2. The zero-order valence-corrected chi connectivity index (χ0v) is 19.5. The fraction of sp³-hybridized carbons (Fsp3) is 0.360. The molecule has 4 N–H and O–H groups in total. The largest absolute Gasteiger partial charge is 0.361 e. The van der Waals surface area contributed by atoms with Crippen LogP contribution in [0, 0.1) is 5.82 Å². The summed E-state index contributed by atoms with van der Waals surface area (Å²) >= 11 is 1.65. The van der Waals surface area contributed by atoms with E-state index in [1.165, 1.54) is 12.1 Å². The van der Waals surface area contributed by atoms with E-state index in [4.69, 9.17) is 0 Å². The number of H-pyrrole nitrogens is 1. The topological polar surface area (TPSA) is 86.0 Å². The van der Waals surface area contributed by atoms with Gasteiger partial charge in [0.1, 0.15) is 11.4 Å². The second-order valence-electron chi connectivity index (χ2n) is 8.41. The monoisotopic (exact) mass is 468 g/mol. The van der Waals surface area contributed by atoms with Crippen molar-refractivity contribution < 1.29 is 14.0 Å². The molecule has 1 aliphatic heterocycles. The average molecular weight is 469 g/mol. The molecule has 6 nitrogen and oxygen atoms in total. The van der Waals surface area contributed by atoms with E-state index in [1.807, 2.05) is 36.7 Å². The zero-order valence-electron chi connectivity index (χ0n) is 18.7. The van der Waals surface area contributed by atoms with Crippen molar-refractivity contribution in [2.75, 3.05) is 25.9 Å². The maximum atomic E-state index is 13.6. The van der Waals surface area contributed by atoms with Gasteiger partial charge in [0.05, 0.1) is 6.42 Å². The van der Waals surface area contributed by atoms with Crippen LogP contribution in [-0.2, 0) is 22.4 Å². The molecule has 0 bridgehead atoms. The molecule has 2 amide bonds. The lowest BCUT2D eigenvalue weighted by molar-refractivity contribution is -0.134. The molecule has 0 unspecified atom stereocenters. The number of piperidine rings is 1. The summed E-state index contributed by atoms with van der Waals surface area (Å²) in [6.07, 6.45) is 5.73. The van der Waals surface area contributed by atoms with Gasteiger partial charge in [-0.15, -0.1) is 11.8 Å². The van der Waals surface area contributed by atoms with Crippen LogP contribution in [0.1, 0.15) is 24.0 Å². The van der Waals surface area contributed by atoms with Gasteiger partial charge in [-0.05, 0) is 80.1 Å². The lowest BCUT2D eigenvalue weighted by Crippen LogP contribution is -2.63. The number of rotatable bonds is 8. The van der Waals surface area contributed by atoms with Crippen molar-refractivity contribution in [3.63, 3.8) is 0 Å². The van der Waals surface area contributed by atoms with Crippen LogP contribution in [0.2, 0.25) is 0 Å². The third kappa shape index (κ3) is 5.57. The molecule has 33 heavy (non-hydrogen) atoms. The Morgan fingerprint density at radius 1 is 1.12 bits per heavy atom. The van der Waals surface area contributed by atoms with Gasteiger partial charge in [-0.25, -0.2) is 4.39 Å². The van der Waals surface area contributed by atoms with E-state index in [-0.39, 0.29) is 24.1 Å². The summed E-state index contributed by atoms with van der Waals surface area (Å²) in [5.41, 5.74) is 1.81. The van der Waals surface area contributed by atoms with Crippen molar-refractivity contribution in [2.45, 2.75) is 36.1 Å². The third-order valence-electron chi connectivity index (χ3n) is 6.20. The Morgan fingerprint density at radius 3 is 2.61 bits per heavy atom. The maximum Gasteiger partial charge on any atom is 0.245 e. The molecule has 0 aliphatic carbocycles. The zero-order chi connectivity index (χ0) is 23.3. The Labute approximate surface area is 197 Å². The first-order chi connectivity index (χ1) is 16.0. The molecule has 0 saturated carbocycles. The first-order valence-corrected chi connectivity index (χ1v) is 12.4. The summed E-state index contributed by atoms with van der Waals surface area (Å²) in [7, 11) is 0. The summed E-state index contributed by atoms with van der Waals surface area (Å²) < 4.78 is 13.6. The summed E-state index contributed by atoms with van der Waals surface area (Å²) in [6.45, 7) is 1.74. The smallest absolute Gasteiger partial charge is 0.245 e. The second-order valence-corrected chi connectivity index (χ2v) is 9.29. The number of nitrogens with one attached hydrogen (secondary N) is 4. The van der Waals surface area contributed by atoms with Crippen molar-refractivity contribution in [3.05, 3.63) is 65.6 Å². The molecule has 3 aromatic rings. The van der Waals surface area contributed by atoms with Crippen LogP contribution in [0.3, 0.4) is 0 Å². The molecule has 4 rings (SSSR count). The molecule has 0 spiro atoms. The van der Waals surface area contributed by atoms with E-state index in [1.54, 1.807) is 17.8 Å². The van der Waals surface area contributed by atoms with Crippen molar-refractivity contribution in [3.8, 4) is 0 Å². The molecule has 174 valence electrons. The summed E-state index contributed by atoms with van der Waals surface area (Å²) in [5.74, 6) is -0.607. The molecule has 1 fully saturated rings. The van der Waals surface area contributed by atoms with Crippen LogP contribution in [0.15, 0.2) is 53.6 Å². The van der Waals surface area contributed by atoms with E-state index in [9.17, 15) is 14.0 Å². The number of aromatic amines is 1. The molecule has 2 heterocycles.